The molecule has 0 radical (unpaired) electrons. The average Bonchev–Trinajstić information content (AvgIpc) is 2.79. The van der Waals surface area contributed by atoms with Gasteiger partial charge in [0.25, 0.3) is 0 Å². The fraction of sp³-hybridized carbons (Fsp3) is 0.385. The molecule has 5 nitrogen and oxygen atoms in total. The van der Waals surface area contributed by atoms with Crippen LogP contribution in [0.1, 0.15) is 50.7 Å². The van der Waals surface area contributed by atoms with Crippen LogP contribution in [0.5, 0.6) is 5.75 Å². The summed E-state index contributed by atoms with van der Waals surface area (Å²) < 4.78 is 48.2. The third kappa shape index (κ3) is 4.87. The van der Waals surface area contributed by atoms with Gasteiger partial charge >= 0.3 is 6.18 Å². The summed E-state index contributed by atoms with van der Waals surface area (Å²) in [5.74, 6) is -1.29. The van der Waals surface area contributed by atoms with Crippen LogP contribution in [0.4, 0.5) is 18.9 Å². The fourth-order valence-corrected chi connectivity index (χ4v) is 4.01. The summed E-state index contributed by atoms with van der Waals surface area (Å²) >= 11 is 0. The Bertz CT molecular complexity index is 1250. The highest BCUT2D eigenvalue weighted by Gasteiger charge is 2.57. The summed E-state index contributed by atoms with van der Waals surface area (Å²) in [6.45, 7) is 7.01. The molecule has 1 heterocycles. The summed E-state index contributed by atoms with van der Waals surface area (Å²) in [4.78, 5) is 18.2. The van der Waals surface area contributed by atoms with Gasteiger partial charge in [-0.2, -0.15) is 13.2 Å². The summed E-state index contributed by atoms with van der Waals surface area (Å²) in [6, 6.07) is 12.9. The molecule has 3 rings (SSSR count). The zero-order valence-electron chi connectivity index (χ0n) is 19.8. The number of aliphatic hydroxyl groups is 1. The van der Waals surface area contributed by atoms with E-state index in [4.69, 9.17) is 4.74 Å². The molecule has 8 heteroatoms. The van der Waals surface area contributed by atoms with Crippen molar-refractivity contribution < 1.29 is 23.0 Å². The lowest BCUT2D eigenvalue weighted by atomic mass is 9.76. The first-order valence-corrected chi connectivity index (χ1v) is 11.0. The van der Waals surface area contributed by atoms with Crippen molar-refractivity contribution in [2.24, 2.45) is 10.9 Å². The van der Waals surface area contributed by atoms with Gasteiger partial charge in [-0.1, -0.05) is 45.9 Å². The number of hydrogen-bond donors (Lipinski definition) is 2. The number of hydrogen-bond acceptors (Lipinski definition) is 4. The summed E-state index contributed by atoms with van der Waals surface area (Å²) in [5, 5.41) is 11.4. The number of benzene rings is 2. The van der Waals surface area contributed by atoms with Crippen LogP contribution in [-0.4, -0.2) is 35.2 Å². The van der Waals surface area contributed by atoms with Gasteiger partial charge in [0.15, 0.2) is 5.60 Å². The van der Waals surface area contributed by atoms with Crippen LogP contribution in [0.15, 0.2) is 58.3 Å². The van der Waals surface area contributed by atoms with Crippen LogP contribution >= 0.6 is 0 Å². The molecule has 0 spiro atoms. The maximum atomic E-state index is 14.2. The van der Waals surface area contributed by atoms with Gasteiger partial charge in [0.2, 0.25) is 5.56 Å². The molecule has 3 aromatic rings. The normalized spacial score (nSPS) is 16.1. The van der Waals surface area contributed by atoms with Crippen molar-refractivity contribution in [2.45, 2.75) is 51.3 Å². The largest absolute Gasteiger partial charge is 0.496 e. The Hall–Kier alpha value is -3.13. The number of methoxy groups -OCH3 is 1. The minimum absolute atomic E-state index is 0.204. The highest BCUT2D eigenvalue weighted by molar-refractivity contribution is 5.91. The molecule has 0 aliphatic heterocycles. The smallest absolute Gasteiger partial charge is 0.422 e. The van der Waals surface area contributed by atoms with Gasteiger partial charge in [-0.15, -0.1) is 0 Å². The quantitative estimate of drug-likeness (QED) is 0.407. The highest BCUT2D eigenvalue weighted by atomic mass is 19.4. The van der Waals surface area contributed by atoms with E-state index in [0.717, 1.165) is 5.56 Å². The number of rotatable bonds is 7. The van der Waals surface area contributed by atoms with E-state index in [2.05, 4.69) is 9.98 Å². The van der Waals surface area contributed by atoms with Gasteiger partial charge in [-0.3, -0.25) is 9.79 Å². The molecule has 0 fully saturated rings. The van der Waals surface area contributed by atoms with E-state index in [9.17, 15) is 23.1 Å². The molecule has 3 unspecified atom stereocenters. The molecule has 2 aromatic carbocycles. The standard InChI is InChI=1S/C26H29F3N2O3/c1-15(2)18-9-10-19(23(13-18)34-5)16(3)17(4)25(33,26(27,28)29)14-30-21-7-6-8-22-20(21)11-12-24(32)31-22/h6-17,33H,1-5H3,(H,31,32)/b30-14+. The molecular weight excluding hydrogens is 445 g/mol. The monoisotopic (exact) mass is 474 g/mol. The molecule has 34 heavy (non-hydrogen) atoms. The van der Waals surface area contributed by atoms with Crippen molar-refractivity contribution in [2.75, 3.05) is 7.11 Å². The lowest BCUT2D eigenvalue weighted by Gasteiger charge is -2.36. The number of ether oxygens (including phenoxy) is 1. The maximum Gasteiger partial charge on any atom is 0.422 e. The van der Waals surface area contributed by atoms with Crippen molar-refractivity contribution in [1.29, 1.82) is 0 Å². The van der Waals surface area contributed by atoms with Gasteiger partial charge < -0.3 is 14.8 Å². The Morgan fingerprint density at radius 3 is 2.38 bits per heavy atom. The second-order valence-corrected chi connectivity index (χ2v) is 8.88. The Morgan fingerprint density at radius 1 is 1.06 bits per heavy atom. The molecule has 0 aliphatic carbocycles. The van der Waals surface area contributed by atoms with Gasteiger partial charge in [0.1, 0.15) is 5.75 Å². The van der Waals surface area contributed by atoms with Crippen molar-refractivity contribution in [3.05, 3.63) is 70.0 Å². The highest BCUT2D eigenvalue weighted by Crippen LogP contribution is 2.44. The molecule has 0 amide bonds. The zero-order chi connectivity index (χ0) is 25.3. The van der Waals surface area contributed by atoms with Crippen LogP contribution in [-0.2, 0) is 0 Å². The second kappa shape index (κ2) is 9.62. The predicted octanol–water partition coefficient (Wildman–Crippen LogP) is 6.10. The third-order valence-corrected chi connectivity index (χ3v) is 6.46. The number of H-pyrrole nitrogens is 1. The van der Waals surface area contributed by atoms with Crippen molar-refractivity contribution in [3.63, 3.8) is 0 Å². The first-order chi connectivity index (χ1) is 15.9. The summed E-state index contributed by atoms with van der Waals surface area (Å²) in [7, 11) is 1.47. The molecule has 182 valence electrons. The van der Waals surface area contributed by atoms with Crippen LogP contribution < -0.4 is 10.3 Å². The lowest BCUT2D eigenvalue weighted by molar-refractivity contribution is -0.246. The van der Waals surface area contributed by atoms with Crippen molar-refractivity contribution >= 4 is 22.8 Å². The molecular formula is C26H29F3N2O3. The van der Waals surface area contributed by atoms with Gasteiger partial charge in [-0.25, -0.2) is 0 Å². The summed E-state index contributed by atoms with van der Waals surface area (Å²) in [6.07, 6.45) is -4.42. The first kappa shape index (κ1) is 25.5. The van der Waals surface area contributed by atoms with E-state index < -0.39 is 23.6 Å². The van der Waals surface area contributed by atoms with Gasteiger partial charge in [0, 0.05) is 23.6 Å². The number of pyridine rings is 1. The Balaban J connectivity index is 2.04. The number of nitrogens with zero attached hydrogens (tertiary/aromatic N) is 1. The maximum absolute atomic E-state index is 14.2. The number of halogens is 3. The SMILES string of the molecule is COc1cc(C(C)C)ccc1C(C)C(C)C(O)(/C=N/c1cccc2[nH]c(=O)ccc12)C(F)(F)F. The number of aromatic nitrogens is 1. The minimum atomic E-state index is -4.98. The second-order valence-electron chi connectivity index (χ2n) is 8.88. The number of nitrogens with one attached hydrogen (secondary N) is 1. The fourth-order valence-electron chi connectivity index (χ4n) is 4.01. The zero-order valence-corrected chi connectivity index (χ0v) is 19.8. The summed E-state index contributed by atoms with van der Waals surface area (Å²) in [5.41, 5.74) is -1.33. The molecule has 1 aromatic heterocycles. The van der Waals surface area contributed by atoms with E-state index in [1.165, 1.54) is 32.2 Å². The lowest BCUT2D eigenvalue weighted by Crippen LogP contribution is -2.53. The van der Waals surface area contributed by atoms with Crippen molar-refractivity contribution in [3.8, 4) is 5.75 Å². The predicted molar refractivity (Wildman–Crippen MR) is 128 cm³/mol. The topological polar surface area (TPSA) is 74.7 Å². The third-order valence-electron chi connectivity index (χ3n) is 6.46. The van der Waals surface area contributed by atoms with Crippen LogP contribution in [0, 0.1) is 5.92 Å². The van der Waals surface area contributed by atoms with E-state index >= 15 is 0 Å². The Labute approximate surface area is 196 Å². The van der Waals surface area contributed by atoms with E-state index in [0.29, 0.717) is 28.4 Å². The van der Waals surface area contributed by atoms with E-state index in [1.54, 1.807) is 25.1 Å². The van der Waals surface area contributed by atoms with Gasteiger partial charge in [0.05, 0.1) is 18.3 Å². The minimum Gasteiger partial charge on any atom is -0.496 e. The number of aromatic amines is 1. The molecule has 3 atom stereocenters. The Kier molecular flexibility index (Phi) is 7.21. The first-order valence-electron chi connectivity index (χ1n) is 11.0. The molecule has 2 N–H and O–H groups in total. The number of alkyl halides is 3. The van der Waals surface area contributed by atoms with Crippen LogP contribution in [0.2, 0.25) is 0 Å². The van der Waals surface area contributed by atoms with E-state index in [1.807, 2.05) is 26.0 Å². The van der Waals surface area contributed by atoms with Crippen LogP contribution in [0.3, 0.4) is 0 Å². The number of aliphatic imine (C=N–C) groups is 1. The van der Waals surface area contributed by atoms with Crippen LogP contribution in [0.25, 0.3) is 10.9 Å². The van der Waals surface area contributed by atoms with Crippen molar-refractivity contribution in [1.82, 2.24) is 4.98 Å². The molecule has 0 saturated carbocycles. The molecule has 0 bridgehead atoms. The Morgan fingerprint density at radius 2 is 1.76 bits per heavy atom. The molecule has 0 aliphatic rings. The average molecular weight is 475 g/mol. The number of fused-ring (bicyclic) bond motifs is 1. The van der Waals surface area contributed by atoms with E-state index in [-0.39, 0.29) is 17.2 Å². The molecule has 0 saturated heterocycles. The van der Waals surface area contributed by atoms with Gasteiger partial charge in [-0.05, 0) is 47.2 Å².